The van der Waals surface area contributed by atoms with Gasteiger partial charge in [0.05, 0.1) is 6.20 Å². The van der Waals surface area contributed by atoms with Crippen molar-refractivity contribution in [3.8, 4) is 0 Å². The highest BCUT2D eigenvalue weighted by atomic mass is 19.1. The number of amides is 2. The van der Waals surface area contributed by atoms with Gasteiger partial charge in [-0.25, -0.2) is 13.8 Å². The Kier molecular flexibility index (Phi) is 4.97. The minimum atomic E-state index is -0.702. The van der Waals surface area contributed by atoms with Gasteiger partial charge in [-0.2, -0.15) is 0 Å². The number of halogens is 2. The van der Waals surface area contributed by atoms with E-state index in [9.17, 15) is 18.4 Å². The summed E-state index contributed by atoms with van der Waals surface area (Å²) in [6.45, 7) is 0.482. The summed E-state index contributed by atoms with van der Waals surface area (Å²) in [6.07, 6.45) is 5.31. The first-order chi connectivity index (χ1) is 12.0. The van der Waals surface area contributed by atoms with E-state index in [-0.39, 0.29) is 23.7 Å². The normalized spacial score (nSPS) is 17.4. The van der Waals surface area contributed by atoms with Crippen LogP contribution in [0, 0.1) is 11.6 Å². The fourth-order valence-corrected chi connectivity index (χ4v) is 2.74. The van der Waals surface area contributed by atoms with Crippen LogP contribution in [0.3, 0.4) is 0 Å². The first kappa shape index (κ1) is 16.9. The minimum absolute atomic E-state index is 0.0302. The highest BCUT2D eigenvalue weighted by Gasteiger charge is 2.30. The second-order valence-corrected chi connectivity index (χ2v) is 5.75. The summed E-state index contributed by atoms with van der Waals surface area (Å²) in [5, 5.41) is 2.64. The molecule has 6 nitrogen and oxygen atoms in total. The average molecular weight is 346 g/mol. The molecular weight excluding hydrogens is 330 g/mol. The Bertz CT molecular complexity index is 785. The van der Waals surface area contributed by atoms with Crippen molar-refractivity contribution >= 4 is 11.8 Å². The first-order valence-corrected chi connectivity index (χ1v) is 7.84. The number of carbonyl (C=O) groups excluding carboxylic acids is 2. The number of hydrogen-bond acceptors (Lipinski definition) is 4. The third kappa shape index (κ3) is 3.96. The van der Waals surface area contributed by atoms with Gasteiger partial charge in [0.1, 0.15) is 23.4 Å². The van der Waals surface area contributed by atoms with Gasteiger partial charge in [-0.05, 0) is 18.9 Å². The zero-order chi connectivity index (χ0) is 17.8. The third-order valence-electron chi connectivity index (χ3n) is 4.01. The van der Waals surface area contributed by atoms with Gasteiger partial charge in [0, 0.05) is 37.1 Å². The molecule has 1 fully saturated rings. The monoisotopic (exact) mass is 346 g/mol. The summed E-state index contributed by atoms with van der Waals surface area (Å²) in [4.78, 5) is 33.8. The lowest BCUT2D eigenvalue weighted by atomic mass is 10.0. The van der Waals surface area contributed by atoms with Crippen molar-refractivity contribution in [1.82, 2.24) is 20.2 Å². The molecule has 0 aliphatic carbocycles. The molecule has 0 radical (unpaired) electrons. The van der Waals surface area contributed by atoms with Crippen LogP contribution in [-0.2, 0) is 11.3 Å². The summed E-state index contributed by atoms with van der Waals surface area (Å²) < 4.78 is 26.8. The van der Waals surface area contributed by atoms with Crippen molar-refractivity contribution in [3.63, 3.8) is 0 Å². The maximum Gasteiger partial charge on any atom is 0.272 e. The number of hydrogen-bond donors (Lipinski definition) is 1. The van der Waals surface area contributed by atoms with Gasteiger partial charge in [-0.1, -0.05) is 6.07 Å². The van der Waals surface area contributed by atoms with Crippen LogP contribution in [0.2, 0.25) is 0 Å². The number of aromatic nitrogens is 2. The van der Waals surface area contributed by atoms with Crippen molar-refractivity contribution in [2.75, 3.05) is 6.54 Å². The molecule has 0 unspecified atom stereocenters. The number of carbonyl (C=O) groups is 2. The van der Waals surface area contributed by atoms with Crippen LogP contribution in [0.4, 0.5) is 8.78 Å². The molecule has 0 saturated carbocycles. The molecule has 1 aliphatic rings. The van der Waals surface area contributed by atoms with E-state index in [1.807, 2.05) is 0 Å². The SMILES string of the molecule is O=C(N[C@H]1CCCN(Cc2ccc(F)cc2F)C1=O)c1cnccn1. The van der Waals surface area contributed by atoms with E-state index in [0.29, 0.717) is 19.4 Å². The van der Waals surface area contributed by atoms with Crippen molar-refractivity contribution in [2.24, 2.45) is 0 Å². The van der Waals surface area contributed by atoms with E-state index in [0.717, 1.165) is 12.1 Å². The summed E-state index contributed by atoms with van der Waals surface area (Å²) in [5.41, 5.74) is 0.354. The Labute approximate surface area is 142 Å². The molecule has 3 rings (SSSR count). The van der Waals surface area contributed by atoms with Crippen molar-refractivity contribution in [1.29, 1.82) is 0 Å². The Morgan fingerprint density at radius 3 is 2.88 bits per heavy atom. The second-order valence-electron chi connectivity index (χ2n) is 5.75. The fraction of sp³-hybridized carbons (Fsp3) is 0.294. The Morgan fingerprint density at radius 2 is 2.16 bits per heavy atom. The molecule has 1 atom stereocenters. The molecule has 2 amide bonds. The van der Waals surface area contributed by atoms with Crippen LogP contribution >= 0.6 is 0 Å². The van der Waals surface area contributed by atoms with Crippen molar-refractivity contribution < 1.29 is 18.4 Å². The molecule has 2 aromatic rings. The van der Waals surface area contributed by atoms with Gasteiger partial charge in [0.25, 0.3) is 5.91 Å². The average Bonchev–Trinajstić information content (AvgIpc) is 2.61. The molecule has 1 N–H and O–H groups in total. The minimum Gasteiger partial charge on any atom is -0.339 e. The van der Waals surface area contributed by atoms with Gasteiger partial charge >= 0.3 is 0 Å². The number of piperidine rings is 1. The van der Waals surface area contributed by atoms with Crippen molar-refractivity contribution in [2.45, 2.75) is 25.4 Å². The summed E-state index contributed by atoms with van der Waals surface area (Å²) in [6, 6.07) is 2.56. The Balaban J connectivity index is 1.67. The van der Waals surface area contributed by atoms with Gasteiger partial charge in [0.2, 0.25) is 5.91 Å². The van der Waals surface area contributed by atoms with E-state index in [1.54, 1.807) is 0 Å². The van der Waals surface area contributed by atoms with E-state index < -0.39 is 23.6 Å². The molecule has 0 bridgehead atoms. The predicted molar refractivity (Wildman–Crippen MR) is 84.3 cm³/mol. The van der Waals surface area contributed by atoms with Gasteiger partial charge < -0.3 is 10.2 Å². The first-order valence-electron chi connectivity index (χ1n) is 7.84. The predicted octanol–water partition coefficient (Wildman–Crippen LogP) is 1.68. The standard InChI is InChI=1S/C17H16F2N4O2/c18-12-4-3-11(13(19)8-12)10-23-7-1-2-14(17(23)25)22-16(24)15-9-20-5-6-21-15/h3-6,8-9,14H,1-2,7,10H2,(H,22,24)/t14-/m0/s1. The lowest BCUT2D eigenvalue weighted by molar-refractivity contribution is -0.136. The van der Waals surface area contributed by atoms with Gasteiger partial charge in [0.15, 0.2) is 0 Å². The quantitative estimate of drug-likeness (QED) is 0.914. The third-order valence-corrected chi connectivity index (χ3v) is 4.01. The van der Waals surface area contributed by atoms with Crippen molar-refractivity contribution in [3.05, 3.63) is 59.7 Å². The smallest absolute Gasteiger partial charge is 0.272 e. The molecule has 0 spiro atoms. The zero-order valence-electron chi connectivity index (χ0n) is 13.3. The molecule has 25 heavy (non-hydrogen) atoms. The fourth-order valence-electron chi connectivity index (χ4n) is 2.74. The lowest BCUT2D eigenvalue weighted by Gasteiger charge is -2.32. The molecule has 1 aromatic heterocycles. The maximum atomic E-state index is 13.8. The highest BCUT2D eigenvalue weighted by molar-refractivity contribution is 5.96. The summed E-state index contributed by atoms with van der Waals surface area (Å²) >= 11 is 0. The highest BCUT2D eigenvalue weighted by Crippen LogP contribution is 2.18. The number of nitrogens with one attached hydrogen (secondary N) is 1. The van der Waals surface area contributed by atoms with E-state index in [1.165, 1.54) is 29.6 Å². The lowest BCUT2D eigenvalue weighted by Crippen LogP contribution is -2.52. The topological polar surface area (TPSA) is 75.2 Å². The van der Waals surface area contributed by atoms with Gasteiger partial charge in [-0.3, -0.25) is 14.6 Å². The summed E-state index contributed by atoms with van der Waals surface area (Å²) in [7, 11) is 0. The number of benzene rings is 1. The maximum absolute atomic E-state index is 13.8. The Morgan fingerprint density at radius 1 is 1.32 bits per heavy atom. The summed E-state index contributed by atoms with van der Waals surface area (Å²) in [5.74, 6) is -2.15. The van der Waals surface area contributed by atoms with E-state index in [2.05, 4.69) is 15.3 Å². The Hall–Kier alpha value is -2.90. The molecule has 1 aliphatic heterocycles. The van der Waals surface area contributed by atoms with Crippen LogP contribution in [0.15, 0.2) is 36.8 Å². The molecule has 130 valence electrons. The van der Waals surface area contributed by atoms with Gasteiger partial charge in [-0.15, -0.1) is 0 Å². The van der Waals surface area contributed by atoms with Crippen LogP contribution in [0.5, 0.6) is 0 Å². The van der Waals surface area contributed by atoms with Crippen LogP contribution in [-0.4, -0.2) is 39.3 Å². The largest absolute Gasteiger partial charge is 0.339 e. The van der Waals surface area contributed by atoms with E-state index >= 15 is 0 Å². The van der Waals surface area contributed by atoms with Crippen LogP contribution in [0.25, 0.3) is 0 Å². The molecular formula is C17H16F2N4O2. The number of nitrogens with zero attached hydrogens (tertiary/aromatic N) is 3. The number of rotatable bonds is 4. The van der Waals surface area contributed by atoms with Crippen LogP contribution < -0.4 is 5.32 Å². The second kappa shape index (κ2) is 7.33. The zero-order valence-corrected chi connectivity index (χ0v) is 13.3. The van der Waals surface area contributed by atoms with Crippen LogP contribution in [0.1, 0.15) is 28.9 Å². The number of likely N-dealkylation sites (tertiary alicyclic amines) is 1. The molecule has 2 heterocycles. The molecule has 8 heteroatoms. The van der Waals surface area contributed by atoms with E-state index in [4.69, 9.17) is 0 Å². The molecule has 1 aromatic carbocycles. The molecule has 1 saturated heterocycles.